The van der Waals surface area contributed by atoms with Gasteiger partial charge in [0.15, 0.2) is 0 Å². The van der Waals surface area contributed by atoms with Crippen LogP contribution in [0, 0.1) is 17.8 Å². The number of benzene rings is 2. The molecule has 4 fully saturated rings. The van der Waals surface area contributed by atoms with Crippen LogP contribution < -0.4 is 15.4 Å². The highest BCUT2D eigenvalue weighted by molar-refractivity contribution is 7.92. The first-order valence-electron chi connectivity index (χ1n) is 11.7. The minimum Gasteiger partial charge on any atom is -0.378 e. The largest absolute Gasteiger partial charge is 0.378 e. The zero-order chi connectivity index (χ0) is 21.9. The molecule has 168 valence electrons. The lowest BCUT2D eigenvalue weighted by Crippen LogP contribution is -2.54. The molecule has 4 saturated carbocycles. The number of amides is 1. The molecule has 2 aromatic rings. The molecule has 2 aromatic carbocycles. The van der Waals surface area contributed by atoms with E-state index < -0.39 is 10.0 Å². The van der Waals surface area contributed by atoms with Crippen LogP contribution in [-0.4, -0.2) is 19.9 Å². The van der Waals surface area contributed by atoms with Gasteiger partial charge in [-0.3, -0.25) is 9.52 Å². The summed E-state index contributed by atoms with van der Waals surface area (Å²) in [5.41, 5.74) is 3.11. The minimum atomic E-state index is -3.75. The second-order valence-corrected chi connectivity index (χ2v) is 12.0. The quantitative estimate of drug-likeness (QED) is 0.612. The number of nitrogens with one attached hydrogen (secondary N) is 3. The smallest absolute Gasteiger partial charge is 0.261 e. The van der Waals surface area contributed by atoms with E-state index in [-0.39, 0.29) is 16.3 Å². The highest BCUT2D eigenvalue weighted by atomic mass is 32.2. The van der Waals surface area contributed by atoms with Crippen molar-refractivity contribution < 1.29 is 13.2 Å². The van der Waals surface area contributed by atoms with Gasteiger partial charge in [0.25, 0.3) is 10.0 Å². The van der Waals surface area contributed by atoms with Gasteiger partial charge in [0.05, 0.1) is 16.3 Å². The zero-order valence-electron chi connectivity index (χ0n) is 18.1. The lowest BCUT2D eigenvalue weighted by atomic mass is 9.53. The summed E-state index contributed by atoms with van der Waals surface area (Å²) in [6.45, 7) is 0. The summed E-state index contributed by atoms with van der Waals surface area (Å²) in [6.07, 6.45) is 8.61. The molecule has 1 aliphatic heterocycles. The molecule has 0 aromatic heterocycles. The number of rotatable bonds is 5. The Balaban J connectivity index is 1.26. The molecule has 0 atom stereocenters. The summed E-state index contributed by atoms with van der Waals surface area (Å²) < 4.78 is 29.3. The van der Waals surface area contributed by atoms with Crippen molar-refractivity contribution in [2.45, 2.75) is 61.8 Å². The second-order valence-electron chi connectivity index (χ2n) is 10.3. The van der Waals surface area contributed by atoms with Gasteiger partial charge in [-0.1, -0.05) is 12.1 Å². The third-order valence-corrected chi connectivity index (χ3v) is 9.26. The SMILES string of the molecule is O=C1CCc2cc(S(=O)(=O)Nc3ccccc3NC34CC5CC(CC(C5)C3)C4)ccc2N1. The van der Waals surface area contributed by atoms with Gasteiger partial charge in [0, 0.05) is 17.6 Å². The van der Waals surface area contributed by atoms with Crippen LogP contribution in [0.2, 0.25) is 0 Å². The number of carbonyl (C=O) groups is 1. The maximum Gasteiger partial charge on any atom is 0.261 e. The average Bonchev–Trinajstić information content (AvgIpc) is 2.73. The summed E-state index contributed by atoms with van der Waals surface area (Å²) in [7, 11) is -3.75. The maximum atomic E-state index is 13.2. The summed E-state index contributed by atoms with van der Waals surface area (Å²) in [4.78, 5) is 11.8. The molecule has 0 spiro atoms. The topological polar surface area (TPSA) is 87.3 Å². The van der Waals surface area contributed by atoms with Gasteiger partial charge in [-0.15, -0.1) is 0 Å². The monoisotopic (exact) mass is 451 g/mol. The van der Waals surface area contributed by atoms with E-state index in [0.29, 0.717) is 24.2 Å². The second kappa shape index (κ2) is 7.24. The Kier molecular flexibility index (Phi) is 4.54. The third kappa shape index (κ3) is 3.56. The van der Waals surface area contributed by atoms with E-state index in [0.717, 1.165) is 29.0 Å². The molecule has 5 aliphatic rings. The number of anilines is 3. The van der Waals surface area contributed by atoms with E-state index in [2.05, 4.69) is 15.4 Å². The molecular weight excluding hydrogens is 422 g/mol. The van der Waals surface area contributed by atoms with Gasteiger partial charge in [-0.25, -0.2) is 8.42 Å². The van der Waals surface area contributed by atoms with E-state index in [9.17, 15) is 13.2 Å². The van der Waals surface area contributed by atoms with Crippen LogP contribution in [0.1, 0.15) is 50.5 Å². The molecule has 1 amide bonds. The molecule has 0 saturated heterocycles. The highest BCUT2D eigenvalue weighted by Gasteiger charge is 2.51. The Hall–Kier alpha value is -2.54. The molecular formula is C25H29N3O3S. The Morgan fingerprint density at radius 1 is 0.875 bits per heavy atom. The highest BCUT2D eigenvalue weighted by Crippen LogP contribution is 2.56. The minimum absolute atomic E-state index is 0.0316. The Labute approximate surface area is 189 Å². The van der Waals surface area contributed by atoms with Gasteiger partial charge in [-0.2, -0.15) is 0 Å². The zero-order valence-corrected chi connectivity index (χ0v) is 18.9. The van der Waals surface area contributed by atoms with E-state index in [1.165, 1.54) is 38.5 Å². The fraction of sp³-hybridized carbons (Fsp3) is 0.480. The van der Waals surface area contributed by atoms with Crippen LogP contribution in [0.3, 0.4) is 0 Å². The lowest BCUT2D eigenvalue weighted by molar-refractivity contribution is -0.116. The fourth-order valence-electron chi connectivity index (χ4n) is 6.96. The van der Waals surface area contributed by atoms with Crippen LogP contribution in [-0.2, 0) is 21.2 Å². The van der Waals surface area contributed by atoms with Gasteiger partial charge in [0.2, 0.25) is 5.91 Å². The van der Waals surface area contributed by atoms with E-state index in [1.54, 1.807) is 18.2 Å². The molecule has 32 heavy (non-hydrogen) atoms. The van der Waals surface area contributed by atoms with Crippen LogP contribution >= 0.6 is 0 Å². The number of hydrogen-bond donors (Lipinski definition) is 3. The standard InChI is InChI=1S/C25H29N3O3S/c29-24-8-5-19-12-20(6-7-21(19)26-24)32(30,31)28-23-4-2-1-3-22(23)27-25-13-16-9-17(14-25)11-18(10-16)15-25/h1-4,6-7,12,16-18,27-28H,5,8-11,13-15H2,(H,26,29). The van der Waals surface area contributed by atoms with Crippen LogP contribution in [0.4, 0.5) is 17.1 Å². The number of sulfonamides is 1. The molecule has 6 nitrogen and oxygen atoms in total. The normalized spacial score (nSPS) is 30.5. The van der Waals surface area contributed by atoms with Gasteiger partial charge in [-0.05, 0) is 98.6 Å². The molecule has 4 aliphatic carbocycles. The number of para-hydroxylation sites is 2. The van der Waals surface area contributed by atoms with Crippen molar-refractivity contribution in [2.75, 3.05) is 15.4 Å². The van der Waals surface area contributed by atoms with E-state index >= 15 is 0 Å². The van der Waals surface area contributed by atoms with Crippen molar-refractivity contribution in [2.24, 2.45) is 17.8 Å². The van der Waals surface area contributed by atoms with Crippen molar-refractivity contribution in [1.29, 1.82) is 0 Å². The van der Waals surface area contributed by atoms with Gasteiger partial charge in [0.1, 0.15) is 0 Å². The van der Waals surface area contributed by atoms with Crippen molar-refractivity contribution >= 4 is 33.0 Å². The van der Waals surface area contributed by atoms with E-state index in [4.69, 9.17) is 0 Å². The third-order valence-electron chi connectivity index (χ3n) is 7.89. The van der Waals surface area contributed by atoms with Crippen LogP contribution in [0.25, 0.3) is 0 Å². The van der Waals surface area contributed by atoms with Crippen molar-refractivity contribution in [3.8, 4) is 0 Å². The summed E-state index contributed by atoms with van der Waals surface area (Å²) in [5, 5.41) is 6.61. The number of hydrogen-bond acceptors (Lipinski definition) is 4. The molecule has 0 unspecified atom stereocenters. The van der Waals surface area contributed by atoms with Crippen LogP contribution in [0.5, 0.6) is 0 Å². The average molecular weight is 452 g/mol. The number of aryl methyl sites for hydroxylation is 1. The van der Waals surface area contributed by atoms with E-state index in [1.807, 2.05) is 24.3 Å². The summed E-state index contributed by atoms with van der Waals surface area (Å²) >= 11 is 0. The first kappa shape index (κ1) is 20.1. The van der Waals surface area contributed by atoms with Crippen molar-refractivity contribution in [1.82, 2.24) is 0 Å². The number of fused-ring (bicyclic) bond motifs is 1. The van der Waals surface area contributed by atoms with Crippen molar-refractivity contribution in [3.63, 3.8) is 0 Å². The first-order chi connectivity index (χ1) is 15.4. The maximum absolute atomic E-state index is 13.2. The predicted molar refractivity (Wildman–Crippen MR) is 125 cm³/mol. The Morgan fingerprint density at radius 2 is 1.53 bits per heavy atom. The van der Waals surface area contributed by atoms with Gasteiger partial charge < -0.3 is 10.6 Å². The molecule has 7 rings (SSSR count). The Morgan fingerprint density at radius 3 is 2.22 bits per heavy atom. The molecule has 3 N–H and O–H groups in total. The summed E-state index contributed by atoms with van der Waals surface area (Å²) in [5.74, 6) is 2.41. The lowest BCUT2D eigenvalue weighted by Gasteiger charge is -2.57. The molecule has 0 radical (unpaired) electrons. The summed E-state index contributed by atoms with van der Waals surface area (Å²) in [6, 6.07) is 12.6. The molecule has 1 heterocycles. The molecule has 4 bridgehead atoms. The number of carbonyl (C=O) groups excluding carboxylic acids is 1. The Bertz CT molecular complexity index is 1160. The van der Waals surface area contributed by atoms with Crippen LogP contribution in [0.15, 0.2) is 47.4 Å². The fourth-order valence-corrected chi connectivity index (χ4v) is 8.09. The molecule has 7 heteroatoms. The first-order valence-corrected chi connectivity index (χ1v) is 13.2. The van der Waals surface area contributed by atoms with Crippen molar-refractivity contribution in [3.05, 3.63) is 48.0 Å². The predicted octanol–water partition coefficient (Wildman–Crippen LogP) is 4.75. The van der Waals surface area contributed by atoms with Gasteiger partial charge >= 0.3 is 0 Å².